The van der Waals surface area contributed by atoms with E-state index >= 15 is 0 Å². The summed E-state index contributed by atoms with van der Waals surface area (Å²) < 4.78 is 28.7. The number of amides is 2. The summed E-state index contributed by atoms with van der Waals surface area (Å²) in [6.45, 7) is 4.32. The topological polar surface area (TPSA) is 125 Å². The van der Waals surface area contributed by atoms with Crippen molar-refractivity contribution in [1.29, 1.82) is 0 Å². The lowest BCUT2D eigenvalue weighted by Crippen LogP contribution is -2.33. The lowest BCUT2D eigenvalue weighted by atomic mass is 9.93. The van der Waals surface area contributed by atoms with Gasteiger partial charge < -0.3 is 15.7 Å². The molecule has 0 aromatic heterocycles. The molecule has 2 amide bonds. The number of nitrogens with one attached hydrogen (secondary N) is 3. The Morgan fingerprint density at radius 3 is 2.06 bits per heavy atom. The second-order valence-electron chi connectivity index (χ2n) is 8.02. The van der Waals surface area contributed by atoms with Crippen LogP contribution >= 0.6 is 0 Å². The number of rotatable bonds is 7. The van der Waals surface area contributed by atoms with Gasteiger partial charge in [0.25, 0.3) is 10.0 Å². The Morgan fingerprint density at radius 2 is 1.47 bits per heavy atom. The highest BCUT2D eigenvalue weighted by atomic mass is 32.2. The molecule has 8 nitrogen and oxygen atoms in total. The molecule has 0 atom stereocenters. The van der Waals surface area contributed by atoms with E-state index in [4.69, 9.17) is 0 Å². The first-order valence-electron chi connectivity index (χ1n) is 9.88. The fourth-order valence-electron chi connectivity index (χ4n) is 3.01. The van der Waals surface area contributed by atoms with Crippen molar-refractivity contribution in [3.8, 4) is 0 Å². The summed E-state index contributed by atoms with van der Waals surface area (Å²) in [4.78, 5) is 23.7. The van der Waals surface area contributed by atoms with E-state index in [1.807, 2.05) is 0 Å². The molecule has 3 aromatic rings. The van der Waals surface area contributed by atoms with Crippen LogP contribution in [0.5, 0.6) is 0 Å². The number of anilines is 3. The summed E-state index contributed by atoms with van der Waals surface area (Å²) in [6.07, 6.45) is 0. The zero-order chi connectivity index (χ0) is 23.5. The normalized spacial score (nSPS) is 11.8. The third kappa shape index (κ3) is 5.06. The molecule has 0 aliphatic heterocycles. The minimum Gasteiger partial charge on any atom is -0.395 e. The average Bonchev–Trinajstić information content (AvgIpc) is 2.74. The van der Waals surface area contributed by atoms with Crippen LogP contribution in [0, 0.1) is 5.41 Å². The predicted molar refractivity (Wildman–Crippen MR) is 125 cm³/mol. The van der Waals surface area contributed by atoms with Crippen LogP contribution in [0.2, 0.25) is 0 Å². The van der Waals surface area contributed by atoms with Crippen molar-refractivity contribution in [1.82, 2.24) is 0 Å². The number of carbonyl (C=O) groups excluding carboxylic acids is 2. The molecule has 32 heavy (non-hydrogen) atoms. The Balaban J connectivity index is 1.86. The Kier molecular flexibility index (Phi) is 6.52. The molecule has 3 aromatic carbocycles. The molecule has 0 saturated heterocycles. The standard InChI is InChI=1S/C23H25N3O5S/c1-15(28)24-20-12-13-21(19-7-5-4-6-18(19)20)32(30,31)26-17-10-8-16(9-11-17)25-22(29)23(2,3)14-27/h4-13,26-27H,14H2,1-3H3,(H,24,28)(H,25,29). The number of sulfonamides is 1. The van der Waals surface area contributed by atoms with Crippen molar-refractivity contribution in [2.45, 2.75) is 25.7 Å². The van der Waals surface area contributed by atoms with Crippen LogP contribution in [-0.2, 0) is 19.6 Å². The van der Waals surface area contributed by atoms with E-state index in [-0.39, 0.29) is 23.3 Å². The van der Waals surface area contributed by atoms with Crippen LogP contribution in [0.25, 0.3) is 10.8 Å². The van der Waals surface area contributed by atoms with Gasteiger partial charge in [-0.1, -0.05) is 24.3 Å². The highest BCUT2D eigenvalue weighted by Crippen LogP contribution is 2.31. The lowest BCUT2D eigenvalue weighted by molar-refractivity contribution is -0.125. The quantitative estimate of drug-likeness (QED) is 0.434. The Bertz CT molecular complexity index is 1270. The zero-order valence-electron chi connectivity index (χ0n) is 18.0. The molecule has 0 spiro atoms. The first-order valence-corrected chi connectivity index (χ1v) is 11.4. The maximum Gasteiger partial charge on any atom is 0.262 e. The van der Waals surface area contributed by atoms with E-state index < -0.39 is 15.4 Å². The first-order chi connectivity index (χ1) is 15.0. The number of benzene rings is 3. The van der Waals surface area contributed by atoms with Crippen molar-refractivity contribution in [3.63, 3.8) is 0 Å². The smallest absolute Gasteiger partial charge is 0.262 e. The number of carbonyl (C=O) groups is 2. The van der Waals surface area contributed by atoms with Gasteiger partial charge in [-0.2, -0.15) is 0 Å². The summed E-state index contributed by atoms with van der Waals surface area (Å²) in [5, 5.41) is 15.8. The highest BCUT2D eigenvalue weighted by Gasteiger charge is 2.26. The monoisotopic (exact) mass is 455 g/mol. The molecule has 0 unspecified atom stereocenters. The molecule has 0 saturated carbocycles. The molecule has 0 bridgehead atoms. The lowest BCUT2D eigenvalue weighted by Gasteiger charge is -2.20. The molecule has 3 rings (SSSR count). The first kappa shape index (κ1) is 23.2. The van der Waals surface area contributed by atoms with Crippen LogP contribution in [0.15, 0.2) is 65.6 Å². The summed E-state index contributed by atoms with van der Waals surface area (Å²) in [5.41, 5.74) is 0.382. The molecule has 0 aliphatic rings. The van der Waals surface area contributed by atoms with E-state index in [9.17, 15) is 23.1 Å². The van der Waals surface area contributed by atoms with Crippen LogP contribution in [0.1, 0.15) is 20.8 Å². The summed E-state index contributed by atoms with van der Waals surface area (Å²) in [7, 11) is -3.93. The van der Waals surface area contributed by atoms with Crippen molar-refractivity contribution in [2.24, 2.45) is 5.41 Å². The Morgan fingerprint density at radius 1 is 0.875 bits per heavy atom. The molecule has 0 aliphatic carbocycles. The van der Waals surface area contributed by atoms with Crippen molar-refractivity contribution in [2.75, 3.05) is 22.0 Å². The summed E-state index contributed by atoms with van der Waals surface area (Å²) in [6, 6.07) is 16.1. The fraction of sp³-hybridized carbons (Fsp3) is 0.217. The SMILES string of the molecule is CC(=O)Nc1ccc(S(=O)(=O)Nc2ccc(NC(=O)C(C)(C)CO)cc2)c2ccccc12. The van der Waals surface area contributed by atoms with Crippen LogP contribution in [0.3, 0.4) is 0 Å². The van der Waals surface area contributed by atoms with Crippen molar-refractivity contribution >= 4 is 49.7 Å². The van der Waals surface area contributed by atoms with Gasteiger partial charge in [-0.3, -0.25) is 14.3 Å². The minimum atomic E-state index is -3.93. The third-order valence-electron chi connectivity index (χ3n) is 4.89. The maximum absolute atomic E-state index is 13.1. The molecule has 0 radical (unpaired) electrons. The summed E-state index contributed by atoms with van der Waals surface area (Å²) in [5.74, 6) is -0.600. The second kappa shape index (κ2) is 8.97. The van der Waals surface area contributed by atoms with E-state index in [2.05, 4.69) is 15.4 Å². The third-order valence-corrected chi connectivity index (χ3v) is 6.33. The van der Waals surface area contributed by atoms with Gasteiger partial charge in [0.15, 0.2) is 0 Å². The molecular weight excluding hydrogens is 430 g/mol. The summed E-state index contributed by atoms with van der Waals surface area (Å²) >= 11 is 0. The number of hydrogen-bond acceptors (Lipinski definition) is 5. The Labute approximate surface area is 186 Å². The fourth-order valence-corrected chi connectivity index (χ4v) is 4.28. The van der Waals surface area contributed by atoms with E-state index in [1.165, 1.54) is 25.1 Å². The van der Waals surface area contributed by atoms with Crippen molar-refractivity contribution in [3.05, 3.63) is 60.7 Å². The molecule has 168 valence electrons. The van der Waals surface area contributed by atoms with Gasteiger partial charge in [-0.15, -0.1) is 0 Å². The van der Waals surface area contributed by atoms with Crippen LogP contribution in [0.4, 0.5) is 17.1 Å². The molecule has 0 fully saturated rings. The number of aliphatic hydroxyl groups excluding tert-OH is 1. The molecular formula is C23H25N3O5S. The van der Waals surface area contributed by atoms with Gasteiger partial charge in [-0.25, -0.2) is 8.42 Å². The number of hydrogen-bond donors (Lipinski definition) is 4. The van der Waals surface area contributed by atoms with Gasteiger partial charge in [0, 0.05) is 34.8 Å². The predicted octanol–water partition coefficient (Wildman–Crippen LogP) is 3.56. The largest absolute Gasteiger partial charge is 0.395 e. The van der Waals surface area contributed by atoms with Gasteiger partial charge in [0.1, 0.15) is 0 Å². The second-order valence-corrected chi connectivity index (χ2v) is 9.67. The van der Waals surface area contributed by atoms with Crippen LogP contribution in [-0.4, -0.2) is 31.9 Å². The van der Waals surface area contributed by atoms with Gasteiger partial charge in [0.2, 0.25) is 11.8 Å². The number of fused-ring (bicyclic) bond motifs is 1. The van der Waals surface area contributed by atoms with Gasteiger partial charge in [0.05, 0.1) is 16.9 Å². The maximum atomic E-state index is 13.1. The average molecular weight is 456 g/mol. The molecule has 9 heteroatoms. The minimum absolute atomic E-state index is 0.0734. The van der Waals surface area contributed by atoms with Crippen LogP contribution < -0.4 is 15.4 Å². The molecule has 4 N–H and O–H groups in total. The molecule has 0 heterocycles. The van der Waals surface area contributed by atoms with E-state index in [0.29, 0.717) is 27.8 Å². The van der Waals surface area contributed by atoms with Gasteiger partial charge in [-0.05, 0) is 50.2 Å². The van der Waals surface area contributed by atoms with Crippen molar-refractivity contribution < 1.29 is 23.1 Å². The van der Waals surface area contributed by atoms with E-state index in [0.717, 1.165) is 0 Å². The Hall–Kier alpha value is -3.43. The number of aliphatic hydroxyl groups is 1. The highest BCUT2D eigenvalue weighted by molar-refractivity contribution is 7.93. The van der Waals surface area contributed by atoms with Gasteiger partial charge >= 0.3 is 0 Å². The van der Waals surface area contributed by atoms with E-state index in [1.54, 1.807) is 56.3 Å². The zero-order valence-corrected chi connectivity index (χ0v) is 18.8.